The highest BCUT2D eigenvalue weighted by Crippen LogP contribution is 2.28. The number of hydrogen-bond acceptors (Lipinski definition) is 6. The minimum Gasteiger partial charge on any atom is -0.465 e. The molecule has 2 heterocycles. The summed E-state index contributed by atoms with van der Waals surface area (Å²) in [7, 11) is 1.34. The van der Waals surface area contributed by atoms with Gasteiger partial charge in [-0.05, 0) is 13.8 Å². The van der Waals surface area contributed by atoms with E-state index >= 15 is 0 Å². The van der Waals surface area contributed by atoms with Crippen LogP contribution in [-0.4, -0.2) is 49.2 Å². The highest BCUT2D eigenvalue weighted by atomic mass is 16.5. The van der Waals surface area contributed by atoms with Gasteiger partial charge in [-0.2, -0.15) is 5.10 Å². The summed E-state index contributed by atoms with van der Waals surface area (Å²) in [5.41, 5.74) is 6.38. The van der Waals surface area contributed by atoms with E-state index < -0.39 is 5.97 Å². The molecule has 1 aromatic rings. The number of rotatable bonds is 3. The van der Waals surface area contributed by atoms with Crippen molar-refractivity contribution in [3.05, 3.63) is 5.56 Å². The van der Waals surface area contributed by atoms with E-state index in [1.807, 2.05) is 18.7 Å². The minimum atomic E-state index is -0.453. The number of nitrogen functional groups attached to an aromatic ring is 1. The largest absolute Gasteiger partial charge is 0.465 e. The molecule has 7 nitrogen and oxygen atoms in total. The zero-order valence-corrected chi connectivity index (χ0v) is 11.5. The molecular formula is C12H20N4O3. The molecule has 0 bridgehead atoms. The van der Waals surface area contributed by atoms with Crippen molar-refractivity contribution in [3.8, 4) is 0 Å². The summed E-state index contributed by atoms with van der Waals surface area (Å²) in [5.74, 6) is 0.482. The maximum absolute atomic E-state index is 11.9. The molecule has 0 saturated carbocycles. The maximum atomic E-state index is 11.9. The van der Waals surface area contributed by atoms with Gasteiger partial charge in [-0.1, -0.05) is 0 Å². The molecule has 1 fully saturated rings. The number of hydrogen-bond donors (Lipinski definition) is 1. The van der Waals surface area contributed by atoms with Gasteiger partial charge in [0.2, 0.25) is 0 Å². The maximum Gasteiger partial charge on any atom is 0.345 e. The number of aromatic nitrogens is 2. The number of anilines is 2. The SMILES string of the molecule is COC(=O)c1c(N2CCOCC2)nn(C(C)C)c1N. The number of carbonyl (C=O) groups is 1. The second-order valence-electron chi connectivity index (χ2n) is 4.71. The molecule has 0 atom stereocenters. The third kappa shape index (κ3) is 2.51. The molecule has 0 unspecified atom stereocenters. The Balaban J connectivity index is 2.45. The molecule has 0 amide bonds. The summed E-state index contributed by atoms with van der Waals surface area (Å²) in [6.07, 6.45) is 0. The molecule has 1 aliphatic heterocycles. The van der Waals surface area contributed by atoms with Crippen molar-refractivity contribution in [1.29, 1.82) is 0 Å². The molecule has 0 spiro atoms. The fraction of sp³-hybridized carbons (Fsp3) is 0.667. The van der Waals surface area contributed by atoms with Crippen LogP contribution in [0.25, 0.3) is 0 Å². The number of morpholine rings is 1. The number of nitrogens with two attached hydrogens (primary N) is 1. The summed E-state index contributed by atoms with van der Waals surface area (Å²) in [6, 6.07) is 0.0817. The monoisotopic (exact) mass is 268 g/mol. The lowest BCUT2D eigenvalue weighted by Crippen LogP contribution is -2.37. The molecule has 2 rings (SSSR count). The van der Waals surface area contributed by atoms with Crippen LogP contribution in [0.2, 0.25) is 0 Å². The first-order chi connectivity index (χ1) is 9.06. The molecule has 0 aromatic carbocycles. The predicted molar refractivity (Wildman–Crippen MR) is 71.4 cm³/mol. The second-order valence-corrected chi connectivity index (χ2v) is 4.71. The minimum absolute atomic E-state index is 0.0817. The quantitative estimate of drug-likeness (QED) is 0.811. The molecule has 0 aliphatic carbocycles. The Morgan fingerprint density at radius 1 is 1.42 bits per heavy atom. The molecular weight excluding hydrogens is 248 g/mol. The third-order valence-electron chi connectivity index (χ3n) is 3.12. The van der Waals surface area contributed by atoms with E-state index in [0.29, 0.717) is 43.5 Å². The molecule has 19 heavy (non-hydrogen) atoms. The highest BCUT2D eigenvalue weighted by molar-refractivity contribution is 5.99. The highest BCUT2D eigenvalue weighted by Gasteiger charge is 2.28. The van der Waals surface area contributed by atoms with Crippen LogP contribution < -0.4 is 10.6 Å². The van der Waals surface area contributed by atoms with Crippen molar-refractivity contribution in [2.45, 2.75) is 19.9 Å². The van der Waals surface area contributed by atoms with Gasteiger partial charge >= 0.3 is 5.97 Å². The molecule has 106 valence electrons. The average molecular weight is 268 g/mol. The van der Waals surface area contributed by atoms with Gasteiger partial charge in [-0.15, -0.1) is 0 Å². The first-order valence-electron chi connectivity index (χ1n) is 6.35. The smallest absolute Gasteiger partial charge is 0.345 e. The van der Waals surface area contributed by atoms with Crippen molar-refractivity contribution in [2.24, 2.45) is 0 Å². The van der Waals surface area contributed by atoms with Crippen LogP contribution in [0.5, 0.6) is 0 Å². The summed E-state index contributed by atoms with van der Waals surface area (Å²) in [6.45, 7) is 6.56. The molecule has 0 radical (unpaired) electrons. The summed E-state index contributed by atoms with van der Waals surface area (Å²) in [5, 5.41) is 4.46. The van der Waals surface area contributed by atoms with Crippen LogP contribution in [0.4, 0.5) is 11.6 Å². The Hall–Kier alpha value is -1.76. The normalized spacial score (nSPS) is 15.9. The van der Waals surface area contributed by atoms with Gasteiger partial charge < -0.3 is 20.1 Å². The van der Waals surface area contributed by atoms with Gasteiger partial charge in [0, 0.05) is 19.1 Å². The van der Waals surface area contributed by atoms with Crippen LogP contribution in [0, 0.1) is 0 Å². The fourth-order valence-corrected chi connectivity index (χ4v) is 2.12. The van der Waals surface area contributed by atoms with Crippen molar-refractivity contribution in [1.82, 2.24) is 9.78 Å². The third-order valence-corrected chi connectivity index (χ3v) is 3.12. The lowest BCUT2D eigenvalue weighted by Gasteiger charge is -2.27. The zero-order valence-electron chi connectivity index (χ0n) is 11.5. The molecule has 1 aliphatic rings. The number of nitrogens with zero attached hydrogens (tertiary/aromatic N) is 3. The average Bonchev–Trinajstić information content (AvgIpc) is 2.77. The van der Waals surface area contributed by atoms with Crippen molar-refractivity contribution in [2.75, 3.05) is 44.0 Å². The van der Waals surface area contributed by atoms with Crippen LogP contribution in [0.1, 0.15) is 30.2 Å². The molecule has 2 N–H and O–H groups in total. The second kappa shape index (κ2) is 5.48. The molecule has 7 heteroatoms. The Kier molecular flexibility index (Phi) is 3.94. The van der Waals surface area contributed by atoms with Crippen LogP contribution in [-0.2, 0) is 9.47 Å². The standard InChI is InChI=1S/C12H20N4O3/c1-8(2)16-10(13)9(12(17)18-3)11(14-16)15-4-6-19-7-5-15/h8H,4-7,13H2,1-3H3. The summed E-state index contributed by atoms with van der Waals surface area (Å²) in [4.78, 5) is 13.9. The van der Waals surface area contributed by atoms with Crippen molar-refractivity contribution >= 4 is 17.6 Å². The molecule has 1 aromatic heterocycles. The first kappa shape index (κ1) is 13.7. The van der Waals surface area contributed by atoms with Gasteiger partial charge in [0.05, 0.1) is 20.3 Å². The Morgan fingerprint density at radius 3 is 2.58 bits per heavy atom. The number of methoxy groups -OCH3 is 1. The Morgan fingerprint density at radius 2 is 2.05 bits per heavy atom. The van der Waals surface area contributed by atoms with E-state index in [-0.39, 0.29) is 6.04 Å². The Bertz CT molecular complexity index is 464. The lowest BCUT2D eigenvalue weighted by molar-refractivity contribution is 0.0601. The van der Waals surface area contributed by atoms with Gasteiger partial charge in [-0.25, -0.2) is 9.48 Å². The van der Waals surface area contributed by atoms with Crippen molar-refractivity contribution < 1.29 is 14.3 Å². The Labute approximate surface area is 112 Å². The summed E-state index contributed by atoms with van der Waals surface area (Å²) < 4.78 is 11.8. The van der Waals surface area contributed by atoms with Gasteiger partial charge in [0.25, 0.3) is 0 Å². The van der Waals surface area contributed by atoms with Crippen LogP contribution in [0.3, 0.4) is 0 Å². The van der Waals surface area contributed by atoms with Gasteiger partial charge in [0.1, 0.15) is 11.4 Å². The van der Waals surface area contributed by atoms with Crippen LogP contribution >= 0.6 is 0 Å². The number of esters is 1. The van der Waals surface area contributed by atoms with E-state index in [4.69, 9.17) is 15.2 Å². The fourth-order valence-electron chi connectivity index (χ4n) is 2.12. The lowest BCUT2D eigenvalue weighted by atomic mass is 10.2. The van der Waals surface area contributed by atoms with Gasteiger partial charge in [-0.3, -0.25) is 0 Å². The van der Waals surface area contributed by atoms with E-state index in [1.165, 1.54) is 7.11 Å². The van der Waals surface area contributed by atoms with Crippen molar-refractivity contribution in [3.63, 3.8) is 0 Å². The van der Waals surface area contributed by atoms with E-state index in [1.54, 1.807) is 4.68 Å². The number of ether oxygens (including phenoxy) is 2. The summed E-state index contributed by atoms with van der Waals surface area (Å²) >= 11 is 0. The molecule has 1 saturated heterocycles. The topological polar surface area (TPSA) is 82.6 Å². The number of carbonyl (C=O) groups excluding carboxylic acids is 1. The zero-order chi connectivity index (χ0) is 14.0. The van der Waals surface area contributed by atoms with E-state index in [0.717, 1.165) is 0 Å². The van der Waals surface area contributed by atoms with E-state index in [2.05, 4.69) is 5.10 Å². The van der Waals surface area contributed by atoms with E-state index in [9.17, 15) is 4.79 Å². The first-order valence-corrected chi connectivity index (χ1v) is 6.35. The van der Waals surface area contributed by atoms with Crippen LogP contribution in [0.15, 0.2) is 0 Å². The van der Waals surface area contributed by atoms with Gasteiger partial charge in [0.15, 0.2) is 5.82 Å². The predicted octanol–water partition coefficient (Wildman–Crippen LogP) is 0.669.